The predicted octanol–water partition coefficient (Wildman–Crippen LogP) is 3.35. The predicted molar refractivity (Wildman–Crippen MR) is 133 cm³/mol. The molecule has 188 valence electrons. The molecule has 1 heterocycles. The second-order valence-electron chi connectivity index (χ2n) is 7.82. The monoisotopic (exact) mass is 520 g/mol. The lowest BCUT2D eigenvalue weighted by atomic mass is 10.1. The first-order valence-corrected chi connectivity index (χ1v) is 14.6. The second-order valence-corrected chi connectivity index (χ2v) is 12.0. The second kappa shape index (κ2) is 11.8. The van der Waals surface area contributed by atoms with E-state index in [0.29, 0.717) is 5.56 Å². The van der Waals surface area contributed by atoms with Crippen LogP contribution in [0.5, 0.6) is 0 Å². The molecular weight excluding hydrogens is 491 g/mol. The van der Waals surface area contributed by atoms with Crippen LogP contribution in [0.4, 0.5) is 0 Å². The minimum Gasteiger partial charge on any atom is -0.347 e. The third-order valence-electron chi connectivity index (χ3n) is 5.23. The van der Waals surface area contributed by atoms with Crippen LogP contribution in [0.3, 0.4) is 0 Å². The van der Waals surface area contributed by atoms with Gasteiger partial charge in [-0.2, -0.15) is 0 Å². The maximum Gasteiger partial charge on any atom is 0.364 e. The van der Waals surface area contributed by atoms with Crippen LogP contribution in [0, 0.1) is 0 Å². The fraction of sp³-hybridized carbons (Fsp3) is 0.333. The average molecular weight is 521 g/mol. The maximum atomic E-state index is 14.0. The summed E-state index contributed by atoms with van der Waals surface area (Å²) in [5.74, 6) is -1.65. The largest absolute Gasteiger partial charge is 0.364 e. The first-order chi connectivity index (χ1) is 16.7. The molecular formula is C24H29N2O7PS. The fourth-order valence-electron chi connectivity index (χ4n) is 3.71. The van der Waals surface area contributed by atoms with Gasteiger partial charge in [0.05, 0.1) is 24.7 Å². The Balaban J connectivity index is 2.16. The molecule has 1 aliphatic rings. The fourth-order valence-corrected chi connectivity index (χ4v) is 7.29. The van der Waals surface area contributed by atoms with Gasteiger partial charge in [0.15, 0.2) is 9.84 Å². The van der Waals surface area contributed by atoms with E-state index in [1.165, 1.54) is 0 Å². The molecule has 1 fully saturated rings. The molecule has 0 aliphatic carbocycles. The average Bonchev–Trinajstić information content (AvgIpc) is 3.18. The van der Waals surface area contributed by atoms with Gasteiger partial charge < -0.3 is 19.7 Å². The normalized spacial score (nSPS) is 17.9. The molecule has 0 aromatic heterocycles. The highest BCUT2D eigenvalue weighted by Crippen LogP contribution is 2.61. The van der Waals surface area contributed by atoms with Gasteiger partial charge >= 0.3 is 7.60 Å². The zero-order chi connectivity index (χ0) is 25.5. The van der Waals surface area contributed by atoms with Gasteiger partial charge in [0.1, 0.15) is 11.0 Å². The molecule has 0 radical (unpaired) electrons. The first-order valence-electron chi connectivity index (χ1n) is 11.3. The van der Waals surface area contributed by atoms with E-state index in [2.05, 4.69) is 10.6 Å². The standard InChI is InChI=1S/C24H29N2O7PS/c1-3-32-34(29,33-4-2)22(18-11-7-5-8-12-18)21(26-23(27)19-13-9-6-10-14-19)24(28)25-20-15-16-35(30,31)17-20/h5-14,20H,3-4,15-17H2,1-2H3,(H,25,28)(H,26,27). The van der Waals surface area contributed by atoms with Gasteiger partial charge in [-0.05, 0) is 38.0 Å². The summed E-state index contributed by atoms with van der Waals surface area (Å²) in [4.78, 5) is 26.6. The number of rotatable bonds is 10. The molecule has 1 saturated heterocycles. The van der Waals surface area contributed by atoms with Gasteiger partial charge in [-0.3, -0.25) is 14.2 Å². The number of hydrogen-bond donors (Lipinski definition) is 2. The summed E-state index contributed by atoms with van der Waals surface area (Å²) in [6.07, 6.45) is 0.239. The van der Waals surface area contributed by atoms with Crippen LogP contribution in [0.15, 0.2) is 66.4 Å². The lowest BCUT2D eigenvalue weighted by molar-refractivity contribution is -0.118. The summed E-state index contributed by atoms with van der Waals surface area (Å²) in [6, 6.07) is 16.0. The number of carbonyl (C=O) groups excluding carboxylic acids is 2. The van der Waals surface area contributed by atoms with Crippen molar-refractivity contribution in [1.82, 2.24) is 10.6 Å². The van der Waals surface area contributed by atoms with Crippen molar-refractivity contribution in [3.05, 3.63) is 77.5 Å². The third kappa shape index (κ3) is 6.89. The van der Waals surface area contributed by atoms with Crippen molar-refractivity contribution < 1.29 is 31.6 Å². The number of benzene rings is 2. The molecule has 9 nitrogen and oxygen atoms in total. The Kier molecular flexibility index (Phi) is 9.02. The van der Waals surface area contributed by atoms with E-state index in [1.54, 1.807) is 74.5 Å². The van der Waals surface area contributed by atoms with Gasteiger partial charge in [-0.1, -0.05) is 48.5 Å². The molecule has 2 aromatic carbocycles. The topological polar surface area (TPSA) is 128 Å². The Morgan fingerprint density at radius 2 is 1.49 bits per heavy atom. The van der Waals surface area contributed by atoms with Crippen LogP contribution in [0.2, 0.25) is 0 Å². The summed E-state index contributed by atoms with van der Waals surface area (Å²) in [6.45, 7) is 3.33. The summed E-state index contributed by atoms with van der Waals surface area (Å²) < 4.78 is 48.9. The van der Waals surface area contributed by atoms with E-state index in [9.17, 15) is 22.6 Å². The van der Waals surface area contributed by atoms with Crippen molar-refractivity contribution in [2.24, 2.45) is 0 Å². The lowest BCUT2D eigenvalue weighted by Crippen LogP contribution is -2.41. The molecule has 0 bridgehead atoms. The van der Waals surface area contributed by atoms with E-state index >= 15 is 0 Å². The Labute approximate surface area is 205 Å². The lowest BCUT2D eigenvalue weighted by Gasteiger charge is -2.24. The molecule has 2 amide bonds. The van der Waals surface area contributed by atoms with E-state index in [0.717, 1.165) is 0 Å². The van der Waals surface area contributed by atoms with E-state index in [-0.39, 0.29) is 47.7 Å². The molecule has 35 heavy (non-hydrogen) atoms. The van der Waals surface area contributed by atoms with E-state index in [4.69, 9.17) is 9.05 Å². The van der Waals surface area contributed by atoms with E-state index in [1.807, 2.05) is 0 Å². The Morgan fingerprint density at radius 3 is 1.97 bits per heavy atom. The number of sulfone groups is 1. The maximum absolute atomic E-state index is 14.0. The van der Waals surface area contributed by atoms with Crippen LogP contribution in [0.1, 0.15) is 36.2 Å². The summed E-state index contributed by atoms with van der Waals surface area (Å²) in [7, 11) is -7.37. The molecule has 1 atom stereocenters. The zero-order valence-electron chi connectivity index (χ0n) is 19.6. The van der Waals surface area contributed by atoms with Crippen molar-refractivity contribution in [3.8, 4) is 0 Å². The van der Waals surface area contributed by atoms with Gasteiger partial charge in [-0.25, -0.2) is 8.42 Å². The zero-order valence-corrected chi connectivity index (χ0v) is 21.3. The molecule has 3 rings (SSSR count). The number of amides is 2. The first kappa shape index (κ1) is 26.8. The molecule has 11 heteroatoms. The molecule has 1 aliphatic heterocycles. The van der Waals surface area contributed by atoms with Crippen LogP contribution >= 0.6 is 7.60 Å². The Hall–Kier alpha value is -2.78. The van der Waals surface area contributed by atoms with Gasteiger partial charge in [0, 0.05) is 11.6 Å². The smallest absolute Gasteiger partial charge is 0.347 e. The molecule has 0 spiro atoms. The molecule has 2 aromatic rings. The van der Waals surface area contributed by atoms with Crippen LogP contribution < -0.4 is 10.6 Å². The van der Waals surface area contributed by atoms with Crippen molar-refractivity contribution >= 4 is 34.6 Å². The Morgan fingerprint density at radius 1 is 0.943 bits per heavy atom. The minimum atomic E-state index is -4.09. The summed E-state index contributed by atoms with van der Waals surface area (Å²) >= 11 is 0. The third-order valence-corrected chi connectivity index (χ3v) is 9.22. The van der Waals surface area contributed by atoms with Gasteiger partial charge in [-0.15, -0.1) is 0 Å². The van der Waals surface area contributed by atoms with Gasteiger partial charge in [0.25, 0.3) is 11.8 Å². The molecule has 2 N–H and O–H groups in total. The number of hydrogen-bond acceptors (Lipinski definition) is 7. The molecule has 1 unspecified atom stereocenters. The summed E-state index contributed by atoms with van der Waals surface area (Å²) in [5, 5.41) is 5.16. The highest BCUT2D eigenvalue weighted by Gasteiger charge is 2.38. The summed E-state index contributed by atoms with van der Waals surface area (Å²) in [5.41, 5.74) is 0.311. The highest BCUT2D eigenvalue weighted by atomic mass is 32.2. The van der Waals surface area contributed by atoms with Gasteiger partial charge in [0.2, 0.25) is 0 Å². The number of carbonyl (C=O) groups is 2. The minimum absolute atomic E-state index is 0.0238. The van der Waals surface area contributed by atoms with Crippen LogP contribution in [0.25, 0.3) is 5.31 Å². The van der Waals surface area contributed by atoms with Crippen molar-refractivity contribution in [1.29, 1.82) is 0 Å². The van der Waals surface area contributed by atoms with Crippen LogP contribution in [-0.4, -0.2) is 51.0 Å². The van der Waals surface area contributed by atoms with Crippen molar-refractivity contribution in [2.45, 2.75) is 26.3 Å². The van der Waals surface area contributed by atoms with Crippen LogP contribution in [-0.2, 0) is 28.2 Å². The molecule has 0 saturated carbocycles. The quantitative estimate of drug-likeness (QED) is 0.363. The SMILES string of the molecule is CCOP(=O)(OCC)C(=C(NC(=O)c1ccccc1)C(=O)NC1CCS(=O)(=O)C1)c1ccccc1. The highest BCUT2D eigenvalue weighted by molar-refractivity contribution is 7.91. The van der Waals surface area contributed by atoms with Crippen molar-refractivity contribution in [3.63, 3.8) is 0 Å². The number of nitrogens with one attached hydrogen (secondary N) is 2. The van der Waals surface area contributed by atoms with E-state index < -0.39 is 35.3 Å². The Bertz CT molecular complexity index is 1220. The van der Waals surface area contributed by atoms with Crippen molar-refractivity contribution in [2.75, 3.05) is 24.7 Å².